The standard InChI is InChI=1S/C15H24O3/c1-9-5-4-8-15(3)13(18-15)12-11(7-6-9)10(2)14(16)17-12/h9-13H,4-8H2,1-3H3/t9-,10-,11+,12-,13+,15+/m0/s1. The minimum Gasteiger partial charge on any atom is -0.459 e. The summed E-state index contributed by atoms with van der Waals surface area (Å²) >= 11 is 0. The lowest BCUT2D eigenvalue weighted by Crippen LogP contribution is -2.30. The molecule has 0 aromatic heterocycles. The Labute approximate surface area is 109 Å². The highest BCUT2D eigenvalue weighted by atomic mass is 16.6. The molecule has 0 amide bonds. The normalized spacial score (nSPS) is 52.2. The summed E-state index contributed by atoms with van der Waals surface area (Å²) in [5.74, 6) is 1.15. The number of rotatable bonds is 0. The molecule has 0 spiro atoms. The lowest BCUT2D eigenvalue weighted by Gasteiger charge is -2.23. The second kappa shape index (κ2) is 4.22. The Morgan fingerprint density at radius 1 is 1.22 bits per heavy atom. The summed E-state index contributed by atoms with van der Waals surface area (Å²) in [5.41, 5.74) is -0.0235. The molecule has 3 heteroatoms. The van der Waals surface area contributed by atoms with Gasteiger partial charge in [0.25, 0.3) is 0 Å². The highest BCUT2D eigenvalue weighted by molar-refractivity contribution is 5.75. The van der Waals surface area contributed by atoms with Gasteiger partial charge in [-0.3, -0.25) is 4.79 Å². The minimum atomic E-state index is -0.0235. The molecule has 3 aliphatic rings. The van der Waals surface area contributed by atoms with Gasteiger partial charge in [0.1, 0.15) is 12.2 Å². The van der Waals surface area contributed by atoms with Crippen LogP contribution in [0.15, 0.2) is 0 Å². The molecular formula is C15H24O3. The molecule has 3 nitrogen and oxygen atoms in total. The number of ether oxygens (including phenoxy) is 2. The molecule has 1 aliphatic carbocycles. The van der Waals surface area contributed by atoms with Crippen LogP contribution >= 0.6 is 0 Å². The number of fused-ring (bicyclic) bond motifs is 3. The van der Waals surface area contributed by atoms with Gasteiger partial charge in [0.05, 0.1) is 11.5 Å². The van der Waals surface area contributed by atoms with Crippen molar-refractivity contribution in [1.29, 1.82) is 0 Å². The van der Waals surface area contributed by atoms with E-state index in [2.05, 4.69) is 13.8 Å². The average molecular weight is 252 g/mol. The van der Waals surface area contributed by atoms with Gasteiger partial charge >= 0.3 is 5.97 Å². The fourth-order valence-electron chi connectivity index (χ4n) is 3.78. The van der Waals surface area contributed by atoms with Crippen LogP contribution in [0.2, 0.25) is 0 Å². The van der Waals surface area contributed by atoms with Crippen LogP contribution in [-0.2, 0) is 14.3 Å². The van der Waals surface area contributed by atoms with E-state index < -0.39 is 0 Å². The number of carbonyl (C=O) groups excluding carboxylic acids is 1. The predicted octanol–water partition coefficient (Wildman–Crippen LogP) is 2.92. The summed E-state index contributed by atoms with van der Waals surface area (Å²) in [6.45, 7) is 6.52. The van der Waals surface area contributed by atoms with Crippen molar-refractivity contribution >= 4 is 5.97 Å². The third kappa shape index (κ3) is 1.97. The van der Waals surface area contributed by atoms with Gasteiger partial charge in [0.2, 0.25) is 0 Å². The summed E-state index contributed by atoms with van der Waals surface area (Å²) in [7, 11) is 0. The summed E-state index contributed by atoms with van der Waals surface area (Å²) in [5, 5.41) is 0. The molecule has 2 aliphatic heterocycles. The monoisotopic (exact) mass is 252 g/mol. The molecule has 3 fully saturated rings. The molecule has 0 aromatic rings. The molecule has 6 atom stereocenters. The fraction of sp³-hybridized carbons (Fsp3) is 0.933. The van der Waals surface area contributed by atoms with E-state index in [1.807, 2.05) is 6.92 Å². The van der Waals surface area contributed by atoms with Crippen LogP contribution in [0, 0.1) is 17.8 Å². The van der Waals surface area contributed by atoms with Crippen LogP contribution in [0.25, 0.3) is 0 Å². The first kappa shape index (κ1) is 12.5. The molecule has 0 aromatic carbocycles. The highest BCUT2D eigenvalue weighted by Gasteiger charge is 2.62. The van der Waals surface area contributed by atoms with E-state index in [0.29, 0.717) is 5.92 Å². The third-order valence-corrected chi connectivity index (χ3v) is 5.29. The minimum absolute atomic E-state index is 0.0165. The quantitative estimate of drug-likeness (QED) is 0.491. The maximum atomic E-state index is 11.8. The van der Waals surface area contributed by atoms with Crippen molar-refractivity contribution < 1.29 is 14.3 Å². The third-order valence-electron chi connectivity index (χ3n) is 5.29. The predicted molar refractivity (Wildman–Crippen MR) is 68.1 cm³/mol. The molecule has 2 saturated heterocycles. The summed E-state index contributed by atoms with van der Waals surface area (Å²) < 4.78 is 11.5. The van der Waals surface area contributed by atoms with Crippen molar-refractivity contribution in [2.24, 2.45) is 17.8 Å². The summed E-state index contributed by atoms with van der Waals surface area (Å²) in [6.07, 6.45) is 6.12. The second-order valence-corrected chi connectivity index (χ2v) is 6.78. The van der Waals surface area contributed by atoms with Crippen molar-refractivity contribution in [2.45, 2.75) is 70.7 Å². The number of esters is 1. The Kier molecular flexibility index (Phi) is 2.92. The maximum Gasteiger partial charge on any atom is 0.309 e. The molecule has 0 unspecified atom stereocenters. The van der Waals surface area contributed by atoms with Crippen molar-refractivity contribution in [3.63, 3.8) is 0 Å². The molecule has 0 bridgehead atoms. The zero-order chi connectivity index (χ0) is 12.9. The molecule has 102 valence electrons. The van der Waals surface area contributed by atoms with Crippen LogP contribution < -0.4 is 0 Å². The van der Waals surface area contributed by atoms with E-state index in [0.717, 1.165) is 18.8 Å². The summed E-state index contributed by atoms with van der Waals surface area (Å²) in [4.78, 5) is 11.8. The smallest absolute Gasteiger partial charge is 0.309 e. The zero-order valence-corrected chi connectivity index (χ0v) is 11.6. The van der Waals surface area contributed by atoms with Gasteiger partial charge < -0.3 is 9.47 Å². The molecule has 18 heavy (non-hydrogen) atoms. The Hall–Kier alpha value is -0.570. The average Bonchev–Trinajstić information content (AvgIpc) is 2.90. The van der Waals surface area contributed by atoms with Crippen LogP contribution in [0.3, 0.4) is 0 Å². The van der Waals surface area contributed by atoms with E-state index in [1.165, 1.54) is 19.3 Å². The Morgan fingerprint density at radius 3 is 2.78 bits per heavy atom. The molecule has 3 rings (SSSR count). The molecule has 1 saturated carbocycles. The molecule has 2 heterocycles. The first-order chi connectivity index (χ1) is 8.51. The first-order valence-electron chi connectivity index (χ1n) is 7.39. The lowest BCUT2D eigenvalue weighted by atomic mass is 9.79. The lowest BCUT2D eigenvalue weighted by molar-refractivity contribution is -0.144. The number of epoxide rings is 1. The second-order valence-electron chi connectivity index (χ2n) is 6.78. The summed E-state index contributed by atoms with van der Waals surface area (Å²) in [6, 6.07) is 0. The Morgan fingerprint density at radius 2 is 2.00 bits per heavy atom. The van der Waals surface area contributed by atoms with Crippen LogP contribution in [0.1, 0.15) is 52.9 Å². The van der Waals surface area contributed by atoms with E-state index in [9.17, 15) is 4.79 Å². The highest BCUT2D eigenvalue weighted by Crippen LogP contribution is 2.50. The largest absolute Gasteiger partial charge is 0.459 e. The molecule has 0 radical (unpaired) electrons. The van der Waals surface area contributed by atoms with Crippen molar-refractivity contribution in [3.8, 4) is 0 Å². The van der Waals surface area contributed by atoms with Gasteiger partial charge in [0.15, 0.2) is 0 Å². The fourth-order valence-corrected chi connectivity index (χ4v) is 3.78. The molecular weight excluding hydrogens is 228 g/mol. The SMILES string of the molecule is C[C@H]1CCC[C@@]2(C)O[C@@H]2[C@H]2OC(=O)[C@@H](C)[C@H]2CC1. The van der Waals surface area contributed by atoms with E-state index in [4.69, 9.17) is 9.47 Å². The van der Waals surface area contributed by atoms with E-state index in [-0.39, 0.29) is 29.7 Å². The van der Waals surface area contributed by atoms with E-state index >= 15 is 0 Å². The topological polar surface area (TPSA) is 38.8 Å². The van der Waals surface area contributed by atoms with Crippen LogP contribution in [-0.4, -0.2) is 23.8 Å². The van der Waals surface area contributed by atoms with Gasteiger partial charge in [-0.2, -0.15) is 0 Å². The van der Waals surface area contributed by atoms with Crippen molar-refractivity contribution in [3.05, 3.63) is 0 Å². The van der Waals surface area contributed by atoms with Crippen molar-refractivity contribution in [2.75, 3.05) is 0 Å². The van der Waals surface area contributed by atoms with Crippen molar-refractivity contribution in [1.82, 2.24) is 0 Å². The van der Waals surface area contributed by atoms with Crippen LogP contribution in [0.4, 0.5) is 0 Å². The zero-order valence-electron chi connectivity index (χ0n) is 11.6. The first-order valence-corrected chi connectivity index (χ1v) is 7.39. The van der Waals surface area contributed by atoms with Gasteiger partial charge in [0, 0.05) is 5.92 Å². The number of hydrogen-bond acceptors (Lipinski definition) is 3. The van der Waals surface area contributed by atoms with Gasteiger partial charge in [-0.25, -0.2) is 0 Å². The molecule has 0 N–H and O–H groups in total. The Bertz CT molecular complexity index is 354. The van der Waals surface area contributed by atoms with Gasteiger partial charge in [-0.05, 0) is 25.7 Å². The number of hydrogen-bond donors (Lipinski definition) is 0. The number of carbonyl (C=O) groups is 1. The maximum absolute atomic E-state index is 11.8. The van der Waals surface area contributed by atoms with Gasteiger partial charge in [-0.15, -0.1) is 0 Å². The van der Waals surface area contributed by atoms with Crippen LogP contribution in [0.5, 0.6) is 0 Å². The Balaban J connectivity index is 1.80. The van der Waals surface area contributed by atoms with Gasteiger partial charge in [-0.1, -0.05) is 33.1 Å². The van der Waals surface area contributed by atoms with E-state index in [1.54, 1.807) is 0 Å².